The highest BCUT2D eigenvalue weighted by atomic mass is 16.3. The summed E-state index contributed by atoms with van der Waals surface area (Å²) in [6.07, 6.45) is -0.895. The largest absolute Gasteiger partial charge is 0.392 e. The summed E-state index contributed by atoms with van der Waals surface area (Å²) in [5.41, 5.74) is 4.10. The number of aliphatic hydroxyl groups excluding tert-OH is 4. The first-order chi connectivity index (χ1) is 13.0. The first-order valence-corrected chi connectivity index (χ1v) is 8.47. The third kappa shape index (κ3) is 4.45. The second kappa shape index (κ2) is 10.6. The molecule has 0 radical (unpaired) electrons. The van der Waals surface area contributed by atoms with Crippen molar-refractivity contribution in [2.24, 2.45) is 0 Å². The number of nitrogens with one attached hydrogen (secondary N) is 2. The maximum atomic E-state index is 10.2. The van der Waals surface area contributed by atoms with Crippen LogP contribution in [-0.2, 0) is 26.4 Å². The van der Waals surface area contributed by atoms with E-state index in [1.807, 2.05) is 0 Å². The van der Waals surface area contributed by atoms with Gasteiger partial charge in [0.05, 0.1) is 25.9 Å². The van der Waals surface area contributed by atoms with Crippen LogP contribution >= 0.6 is 0 Å². The summed E-state index contributed by atoms with van der Waals surface area (Å²) in [6, 6.07) is 5.46. The Morgan fingerprint density at radius 3 is 2.22 bits per heavy atom. The molecule has 7 nitrogen and oxygen atoms in total. The molecule has 0 spiro atoms. The molecule has 27 heavy (non-hydrogen) atoms. The summed E-state index contributed by atoms with van der Waals surface area (Å²) >= 11 is 0. The molecule has 0 bridgehead atoms. The molecule has 7 heteroatoms. The summed E-state index contributed by atoms with van der Waals surface area (Å²) in [5, 5.41) is 51.6. The SMILES string of the molecule is C=C.CNCc1[nH]c(C#N)c(C(C)O)c1-c1ccc(CO)c(CO)c1CO. The van der Waals surface area contributed by atoms with E-state index in [1.165, 1.54) is 0 Å². The van der Waals surface area contributed by atoms with Crippen LogP contribution in [0, 0.1) is 11.3 Å². The van der Waals surface area contributed by atoms with Crippen molar-refractivity contribution in [2.45, 2.75) is 39.4 Å². The van der Waals surface area contributed by atoms with E-state index in [9.17, 15) is 25.7 Å². The summed E-state index contributed by atoms with van der Waals surface area (Å²) in [6.45, 7) is 7.07. The predicted octanol–water partition coefficient (Wildman–Crippen LogP) is 1.61. The van der Waals surface area contributed by atoms with Crippen molar-refractivity contribution in [1.29, 1.82) is 5.26 Å². The van der Waals surface area contributed by atoms with Gasteiger partial charge in [0.2, 0.25) is 0 Å². The van der Waals surface area contributed by atoms with Gasteiger partial charge in [0.25, 0.3) is 0 Å². The van der Waals surface area contributed by atoms with E-state index >= 15 is 0 Å². The quantitative estimate of drug-likeness (QED) is 0.409. The van der Waals surface area contributed by atoms with E-state index in [0.29, 0.717) is 45.6 Å². The van der Waals surface area contributed by atoms with Crippen molar-refractivity contribution in [3.63, 3.8) is 0 Å². The monoisotopic (exact) mass is 373 g/mol. The number of nitrogens with zero attached hydrogens (tertiary/aromatic N) is 1. The summed E-state index contributed by atoms with van der Waals surface area (Å²) < 4.78 is 0. The number of hydrogen-bond donors (Lipinski definition) is 6. The fourth-order valence-corrected chi connectivity index (χ4v) is 3.19. The molecule has 1 heterocycles. The number of benzene rings is 1. The Morgan fingerprint density at radius 1 is 1.15 bits per heavy atom. The van der Waals surface area contributed by atoms with Crippen LogP contribution in [0.25, 0.3) is 11.1 Å². The molecule has 0 aliphatic carbocycles. The Labute approximate surface area is 159 Å². The van der Waals surface area contributed by atoms with Gasteiger partial charge in [-0.3, -0.25) is 0 Å². The first kappa shape index (κ1) is 22.6. The zero-order chi connectivity index (χ0) is 20.6. The maximum absolute atomic E-state index is 10.2. The number of rotatable bonds is 7. The molecule has 2 rings (SSSR count). The molecule has 0 aliphatic rings. The van der Waals surface area contributed by atoms with Gasteiger partial charge in [0, 0.05) is 23.4 Å². The van der Waals surface area contributed by atoms with E-state index in [-0.39, 0.29) is 25.5 Å². The summed E-state index contributed by atoms with van der Waals surface area (Å²) in [4.78, 5) is 3.02. The van der Waals surface area contributed by atoms with Gasteiger partial charge >= 0.3 is 0 Å². The Bertz CT molecular complexity index is 807. The molecule has 6 N–H and O–H groups in total. The lowest BCUT2D eigenvalue weighted by molar-refractivity contribution is 0.199. The zero-order valence-electron chi connectivity index (χ0n) is 15.7. The van der Waals surface area contributed by atoms with Crippen LogP contribution < -0.4 is 5.32 Å². The van der Waals surface area contributed by atoms with Gasteiger partial charge in [-0.15, -0.1) is 13.2 Å². The molecular weight excluding hydrogens is 346 g/mol. The van der Waals surface area contributed by atoms with Crippen molar-refractivity contribution in [3.8, 4) is 17.2 Å². The standard InChI is InChI=1S/C18H23N3O4.C2H4/c1-10(25)17-15(5-19)21-16(6-20-2)18(17)12-4-3-11(7-22)13(8-23)14(12)9-24;1-2/h3-4,10,20-25H,6-9H2,1-2H3;1-2H2. The molecular formula is C20H27N3O4. The van der Waals surface area contributed by atoms with Crippen molar-refractivity contribution in [1.82, 2.24) is 10.3 Å². The number of hydrogen-bond acceptors (Lipinski definition) is 6. The maximum Gasteiger partial charge on any atom is 0.124 e. The second-order valence-electron chi connectivity index (χ2n) is 5.79. The highest BCUT2D eigenvalue weighted by Crippen LogP contribution is 2.38. The molecule has 1 aromatic carbocycles. The lowest BCUT2D eigenvalue weighted by Crippen LogP contribution is -2.09. The highest BCUT2D eigenvalue weighted by molar-refractivity contribution is 5.77. The van der Waals surface area contributed by atoms with Crippen molar-refractivity contribution >= 4 is 0 Å². The van der Waals surface area contributed by atoms with E-state index in [2.05, 4.69) is 29.5 Å². The minimum absolute atomic E-state index is 0.258. The fourth-order valence-electron chi connectivity index (χ4n) is 3.19. The van der Waals surface area contributed by atoms with Crippen molar-refractivity contribution in [3.05, 3.63) is 58.9 Å². The fraction of sp³-hybridized carbons (Fsp3) is 0.350. The van der Waals surface area contributed by atoms with Gasteiger partial charge in [-0.05, 0) is 36.2 Å². The van der Waals surface area contributed by atoms with Gasteiger partial charge in [-0.25, -0.2) is 0 Å². The lowest BCUT2D eigenvalue weighted by Gasteiger charge is -2.18. The average molecular weight is 373 g/mol. The van der Waals surface area contributed by atoms with Crippen molar-refractivity contribution < 1.29 is 20.4 Å². The Kier molecular flexibility index (Phi) is 8.88. The summed E-state index contributed by atoms with van der Waals surface area (Å²) in [7, 11) is 1.76. The third-order valence-electron chi connectivity index (χ3n) is 4.28. The Balaban J connectivity index is 0.00000176. The molecule has 0 saturated carbocycles. The van der Waals surface area contributed by atoms with E-state index in [0.717, 1.165) is 0 Å². The molecule has 0 aliphatic heterocycles. The predicted molar refractivity (Wildman–Crippen MR) is 103 cm³/mol. The van der Waals surface area contributed by atoms with E-state index in [4.69, 9.17) is 0 Å². The van der Waals surface area contributed by atoms with Crippen LogP contribution in [0.4, 0.5) is 0 Å². The molecule has 1 atom stereocenters. The molecule has 146 valence electrons. The zero-order valence-corrected chi connectivity index (χ0v) is 15.7. The van der Waals surface area contributed by atoms with Crippen LogP contribution in [-0.4, -0.2) is 32.5 Å². The number of aromatic amines is 1. The van der Waals surface area contributed by atoms with Gasteiger partial charge < -0.3 is 30.7 Å². The first-order valence-electron chi connectivity index (χ1n) is 8.47. The van der Waals surface area contributed by atoms with Crippen molar-refractivity contribution in [2.75, 3.05) is 7.05 Å². The second-order valence-corrected chi connectivity index (χ2v) is 5.79. The lowest BCUT2D eigenvalue weighted by atomic mass is 9.89. The molecule has 1 unspecified atom stereocenters. The number of nitriles is 1. The minimum atomic E-state index is -0.895. The van der Waals surface area contributed by atoms with Crippen LogP contribution in [0.15, 0.2) is 25.3 Å². The van der Waals surface area contributed by atoms with Crippen LogP contribution in [0.5, 0.6) is 0 Å². The van der Waals surface area contributed by atoms with Gasteiger partial charge in [-0.1, -0.05) is 12.1 Å². The number of aromatic nitrogens is 1. The highest BCUT2D eigenvalue weighted by Gasteiger charge is 2.25. The van der Waals surface area contributed by atoms with Gasteiger partial charge in [0.15, 0.2) is 0 Å². The van der Waals surface area contributed by atoms with Crippen LogP contribution in [0.2, 0.25) is 0 Å². The van der Waals surface area contributed by atoms with Gasteiger partial charge in [-0.2, -0.15) is 5.26 Å². The normalized spacial score (nSPS) is 11.4. The average Bonchev–Trinajstić information content (AvgIpc) is 3.06. The van der Waals surface area contributed by atoms with Crippen LogP contribution in [0.1, 0.15) is 46.7 Å². The Morgan fingerprint density at radius 2 is 1.78 bits per heavy atom. The summed E-state index contributed by atoms with van der Waals surface area (Å²) in [5.74, 6) is 0. The number of H-pyrrole nitrogens is 1. The topological polar surface area (TPSA) is 133 Å². The Hall–Kier alpha value is -2.47. The van der Waals surface area contributed by atoms with Gasteiger partial charge in [0.1, 0.15) is 11.8 Å². The van der Waals surface area contributed by atoms with E-state index < -0.39 is 6.10 Å². The van der Waals surface area contributed by atoms with Crippen LogP contribution in [0.3, 0.4) is 0 Å². The molecule has 1 aromatic heterocycles. The number of aliphatic hydroxyl groups is 4. The smallest absolute Gasteiger partial charge is 0.124 e. The molecule has 2 aromatic rings. The van der Waals surface area contributed by atoms with E-state index in [1.54, 1.807) is 26.1 Å². The molecule has 0 fully saturated rings. The minimum Gasteiger partial charge on any atom is -0.392 e. The molecule has 0 amide bonds. The molecule has 0 saturated heterocycles. The third-order valence-corrected chi connectivity index (χ3v) is 4.28.